The zero-order valence-corrected chi connectivity index (χ0v) is 12.4. The number of nitrogens with two attached hydrogens (primary N) is 1. The minimum absolute atomic E-state index is 0.146. The summed E-state index contributed by atoms with van der Waals surface area (Å²) in [6.07, 6.45) is 5.71. The molecule has 0 bridgehead atoms. The van der Waals surface area contributed by atoms with E-state index in [4.69, 9.17) is 16.1 Å². The van der Waals surface area contributed by atoms with Crippen molar-refractivity contribution < 1.29 is 0 Å². The van der Waals surface area contributed by atoms with Crippen molar-refractivity contribution in [2.45, 2.75) is 52.0 Å². The van der Waals surface area contributed by atoms with Crippen molar-refractivity contribution in [1.82, 2.24) is 4.98 Å². The molecule has 0 spiro atoms. The third-order valence-corrected chi connectivity index (χ3v) is 4.73. The lowest BCUT2D eigenvalue weighted by Crippen LogP contribution is -2.42. The molecule has 1 aliphatic heterocycles. The number of anilines is 1. The van der Waals surface area contributed by atoms with E-state index in [1.54, 1.807) is 0 Å². The fraction of sp³-hybridized carbons (Fsp3) is 0.625. The van der Waals surface area contributed by atoms with Crippen LogP contribution in [0.25, 0.3) is 0 Å². The number of aryl methyl sites for hydroxylation is 2. The van der Waals surface area contributed by atoms with Crippen LogP contribution < -0.4 is 10.6 Å². The Hall–Kier alpha value is -1.58. The molecular weight excluding hydrogens is 248 g/mol. The second kappa shape index (κ2) is 5.08. The van der Waals surface area contributed by atoms with E-state index < -0.39 is 0 Å². The maximum atomic E-state index is 7.87. The maximum absolute atomic E-state index is 7.87. The molecule has 1 saturated heterocycles. The van der Waals surface area contributed by atoms with Crippen LogP contribution in [0.3, 0.4) is 0 Å². The largest absolute Gasteiger partial charge is 0.384 e. The van der Waals surface area contributed by atoms with Crippen LogP contribution in [-0.4, -0.2) is 23.4 Å². The summed E-state index contributed by atoms with van der Waals surface area (Å²) >= 11 is 0. The quantitative estimate of drug-likeness (QED) is 0.642. The highest BCUT2D eigenvalue weighted by Gasteiger charge is 2.28. The van der Waals surface area contributed by atoms with E-state index in [9.17, 15) is 0 Å². The van der Waals surface area contributed by atoms with Crippen LogP contribution in [0.1, 0.15) is 49.9 Å². The minimum atomic E-state index is 0.146. The molecule has 2 heterocycles. The van der Waals surface area contributed by atoms with Crippen LogP contribution in [0, 0.1) is 11.3 Å². The molecule has 2 unspecified atom stereocenters. The van der Waals surface area contributed by atoms with Gasteiger partial charge in [-0.3, -0.25) is 5.41 Å². The van der Waals surface area contributed by atoms with Crippen molar-refractivity contribution in [3.8, 4) is 0 Å². The predicted molar refractivity (Wildman–Crippen MR) is 82.5 cm³/mol. The number of nitrogens with one attached hydrogen (secondary N) is 1. The Morgan fingerprint density at radius 2 is 2.20 bits per heavy atom. The molecule has 0 aromatic carbocycles. The number of aromatic nitrogens is 1. The van der Waals surface area contributed by atoms with E-state index in [2.05, 4.69) is 24.8 Å². The van der Waals surface area contributed by atoms with Gasteiger partial charge in [-0.2, -0.15) is 0 Å². The van der Waals surface area contributed by atoms with Gasteiger partial charge in [0.05, 0.1) is 5.56 Å². The highest BCUT2D eigenvalue weighted by atomic mass is 15.2. The Labute approximate surface area is 120 Å². The average Bonchev–Trinajstić information content (AvgIpc) is 2.84. The van der Waals surface area contributed by atoms with Gasteiger partial charge in [-0.15, -0.1) is 0 Å². The molecule has 0 saturated carbocycles. The summed E-state index contributed by atoms with van der Waals surface area (Å²) in [7, 11) is 0. The highest BCUT2D eigenvalue weighted by Crippen LogP contribution is 2.32. The summed E-state index contributed by atoms with van der Waals surface area (Å²) < 4.78 is 0. The Morgan fingerprint density at radius 3 is 2.90 bits per heavy atom. The van der Waals surface area contributed by atoms with Crippen LogP contribution in [0.2, 0.25) is 0 Å². The third kappa shape index (κ3) is 2.28. The monoisotopic (exact) mass is 272 g/mol. The van der Waals surface area contributed by atoms with Crippen molar-refractivity contribution >= 4 is 11.7 Å². The van der Waals surface area contributed by atoms with Crippen molar-refractivity contribution in [3.63, 3.8) is 0 Å². The van der Waals surface area contributed by atoms with Crippen LogP contribution >= 0.6 is 0 Å². The van der Waals surface area contributed by atoms with Gasteiger partial charge in [0.1, 0.15) is 11.7 Å². The van der Waals surface area contributed by atoms with Gasteiger partial charge < -0.3 is 10.6 Å². The van der Waals surface area contributed by atoms with Gasteiger partial charge in [0.25, 0.3) is 0 Å². The lowest BCUT2D eigenvalue weighted by atomic mass is 9.93. The first-order chi connectivity index (χ1) is 9.56. The summed E-state index contributed by atoms with van der Waals surface area (Å²) in [5, 5.41) is 7.87. The van der Waals surface area contributed by atoms with Crippen molar-refractivity contribution in [2.75, 3.05) is 11.4 Å². The Balaban J connectivity index is 2.01. The average molecular weight is 272 g/mol. The van der Waals surface area contributed by atoms with Gasteiger partial charge in [-0.05, 0) is 56.6 Å². The van der Waals surface area contributed by atoms with E-state index in [1.165, 1.54) is 30.5 Å². The second-order valence-corrected chi connectivity index (χ2v) is 6.40. The molecule has 3 N–H and O–H groups in total. The number of hydrogen-bond acceptors (Lipinski definition) is 3. The van der Waals surface area contributed by atoms with Crippen LogP contribution in [0.4, 0.5) is 5.82 Å². The van der Waals surface area contributed by atoms with Gasteiger partial charge in [-0.1, -0.05) is 6.92 Å². The van der Waals surface area contributed by atoms with E-state index >= 15 is 0 Å². The first-order valence-electron chi connectivity index (χ1n) is 7.70. The molecule has 1 aromatic rings. The topological polar surface area (TPSA) is 66.0 Å². The standard InChI is InChI=1S/C16H24N4/c1-10-6-7-20(11(2)8-10)16-13(15(17)18)9-12-4-3-5-14(12)19-16/h9-11H,3-8H2,1-2H3,(H3,17,18). The number of amidine groups is 1. The third-order valence-electron chi connectivity index (χ3n) is 4.73. The number of nitrogens with zero attached hydrogens (tertiary/aromatic N) is 2. The van der Waals surface area contributed by atoms with Gasteiger partial charge in [0.2, 0.25) is 0 Å². The van der Waals surface area contributed by atoms with Gasteiger partial charge >= 0.3 is 0 Å². The number of hydrogen-bond donors (Lipinski definition) is 2. The molecule has 2 atom stereocenters. The van der Waals surface area contributed by atoms with Crippen molar-refractivity contribution in [3.05, 3.63) is 22.9 Å². The van der Waals surface area contributed by atoms with E-state index in [0.29, 0.717) is 6.04 Å². The minimum Gasteiger partial charge on any atom is -0.384 e. The first kappa shape index (κ1) is 13.4. The molecule has 1 fully saturated rings. The number of piperidine rings is 1. The SMILES string of the molecule is CC1CCN(c2nc3c(cc2C(=N)N)CCC3)C(C)C1. The predicted octanol–water partition coefficient (Wildman–Crippen LogP) is 2.48. The molecule has 4 heteroatoms. The lowest BCUT2D eigenvalue weighted by Gasteiger charge is -2.38. The second-order valence-electron chi connectivity index (χ2n) is 6.40. The normalized spacial score (nSPS) is 25.6. The van der Waals surface area contributed by atoms with Crippen molar-refractivity contribution in [1.29, 1.82) is 5.41 Å². The smallest absolute Gasteiger partial charge is 0.140 e. The maximum Gasteiger partial charge on any atom is 0.140 e. The number of pyridine rings is 1. The zero-order chi connectivity index (χ0) is 14.3. The van der Waals surface area contributed by atoms with E-state index in [0.717, 1.165) is 36.7 Å². The molecule has 20 heavy (non-hydrogen) atoms. The number of nitrogen functional groups attached to an aromatic ring is 1. The molecule has 1 aromatic heterocycles. The summed E-state index contributed by atoms with van der Waals surface area (Å²) in [6, 6.07) is 2.58. The molecule has 0 radical (unpaired) electrons. The van der Waals surface area contributed by atoms with Crippen molar-refractivity contribution in [2.24, 2.45) is 11.7 Å². The van der Waals surface area contributed by atoms with Crippen LogP contribution in [0.5, 0.6) is 0 Å². The van der Waals surface area contributed by atoms with E-state index in [1.807, 2.05) is 0 Å². The number of fused-ring (bicyclic) bond motifs is 1. The summed E-state index contributed by atoms with van der Waals surface area (Å²) in [6.45, 7) is 5.60. The summed E-state index contributed by atoms with van der Waals surface area (Å²) in [5.74, 6) is 1.86. The van der Waals surface area contributed by atoms with Crippen LogP contribution in [-0.2, 0) is 12.8 Å². The molecule has 4 nitrogen and oxygen atoms in total. The van der Waals surface area contributed by atoms with Gasteiger partial charge in [0.15, 0.2) is 0 Å². The van der Waals surface area contributed by atoms with Crippen LogP contribution in [0.15, 0.2) is 6.07 Å². The fourth-order valence-electron chi connectivity index (χ4n) is 3.60. The molecule has 0 amide bonds. The highest BCUT2D eigenvalue weighted by molar-refractivity contribution is 6.00. The fourth-order valence-corrected chi connectivity index (χ4v) is 3.60. The summed E-state index contributed by atoms with van der Waals surface area (Å²) in [4.78, 5) is 7.24. The Morgan fingerprint density at radius 1 is 1.40 bits per heavy atom. The Kier molecular flexibility index (Phi) is 3.40. The number of rotatable bonds is 2. The molecule has 2 aliphatic rings. The molecular formula is C16H24N4. The first-order valence-corrected chi connectivity index (χ1v) is 7.70. The molecule has 1 aliphatic carbocycles. The molecule has 3 rings (SSSR count). The zero-order valence-electron chi connectivity index (χ0n) is 12.4. The van der Waals surface area contributed by atoms with Gasteiger partial charge in [0, 0.05) is 18.3 Å². The lowest BCUT2D eigenvalue weighted by molar-refractivity contribution is 0.376. The molecule has 108 valence electrons. The Bertz CT molecular complexity index is 538. The summed E-state index contributed by atoms with van der Waals surface area (Å²) in [5.41, 5.74) is 9.14. The van der Waals surface area contributed by atoms with E-state index in [-0.39, 0.29) is 5.84 Å². The van der Waals surface area contributed by atoms with Gasteiger partial charge in [-0.25, -0.2) is 4.98 Å².